The lowest BCUT2D eigenvalue weighted by Gasteiger charge is -2.12. The van der Waals surface area contributed by atoms with Crippen LogP contribution in [0.25, 0.3) is 0 Å². The van der Waals surface area contributed by atoms with Crippen molar-refractivity contribution in [3.8, 4) is 0 Å². The Labute approximate surface area is 152 Å². The minimum absolute atomic E-state index is 0.0795. The highest BCUT2D eigenvalue weighted by molar-refractivity contribution is 5.95. The molecule has 0 spiro atoms. The standard InChI is InChI=1S/C17H17F3N6O/c1-10(14-23-16(25-24-14)17(18,19)20)22-15(27)12-9-21-26(2)13(12)8-11-6-4-3-5-7-11/h3-7,9-10H,8H2,1-2H3,(H,22,27)(H,23,24,25). The number of nitrogens with zero attached hydrogens (tertiary/aromatic N) is 4. The molecular weight excluding hydrogens is 361 g/mol. The van der Waals surface area contributed by atoms with Gasteiger partial charge in [0.2, 0.25) is 0 Å². The summed E-state index contributed by atoms with van der Waals surface area (Å²) in [5, 5.41) is 12.1. The summed E-state index contributed by atoms with van der Waals surface area (Å²) >= 11 is 0. The summed E-state index contributed by atoms with van der Waals surface area (Å²) in [5.74, 6) is -1.81. The number of carbonyl (C=O) groups excluding carboxylic acids is 1. The molecule has 1 unspecified atom stereocenters. The van der Waals surface area contributed by atoms with Gasteiger partial charge in [-0.05, 0) is 12.5 Å². The molecule has 0 radical (unpaired) electrons. The molecule has 0 saturated heterocycles. The van der Waals surface area contributed by atoms with E-state index < -0.39 is 23.9 Å². The van der Waals surface area contributed by atoms with E-state index in [1.807, 2.05) is 30.3 Å². The van der Waals surface area contributed by atoms with Gasteiger partial charge in [-0.25, -0.2) is 4.98 Å². The van der Waals surface area contributed by atoms with Gasteiger partial charge < -0.3 is 5.32 Å². The number of halogens is 3. The predicted molar refractivity (Wildman–Crippen MR) is 89.7 cm³/mol. The second kappa shape index (κ2) is 7.22. The van der Waals surface area contributed by atoms with E-state index in [1.54, 1.807) is 11.7 Å². The Hall–Kier alpha value is -3.17. The monoisotopic (exact) mass is 378 g/mol. The number of benzene rings is 1. The fourth-order valence-corrected chi connectivity index (χ4v) is 2.59. The molecule has 27 heavy (non-hydrogen) atoms. The molecule has 1 atom stereocenters. The molecule has 0 fully saturated rings. The maximum absolute atomic E-state index is 12.6. The quantitative estimate of drug-likeness (QED) is 0.714. The SMILES string of the molecule is CC(NC(=O)c1cnn(C)c1Cc1ccccc1)c1nc(C(F)(F)F)n[nH]1. The number of nitrogens with one attached hydrogen (secondary N) is 2. The molecule has 2 aromatic heterocycles. The molecule has 1 aromatic carbocycles. The van der Waals surface area contributed by atoms with Crippen molar-refractivity contribution in [1.29, 1.82) is 0 Å². The molecule has 0 saturated carbocycles. The normalized spacial score (nSPS) is 12.8. The van der Waals surface area contributed by atoms with Gasteiger partial charge in [0.25, 0.3) is 11.7 Å². The van der Waals surface area contributed by atoms with Gasteiger partial charge in [0.1, 0.15) is 5.82 Å². The third kappa shape index (κ3) is 4.15. The van der Waals surface area contributed by atoms with Crippen molar-refractivity contribution in [2.24, 2.45) is 7.05 Å². The van der Waals surface area contributed by atoms with E-state index in [0.717, 1.165) is 5.56 Å². The maximum Gasteiger partial charge on any atom is 0.453 e. The van der Waals surface area contributed by atoms with E-state index in [9.17, 15) is 18.0 Å². The highest BCUT2D eigenvalue weighted by atomic mass is 19.4. The number of amides is 1. The zero-order valence-corrected chi connectivity index (χ0v) is 14.6. The third-order valence-corrected chi connectivity index (χ3v) is 4.03. The van der Waals surface area contributed by atoms with Crippen LogP contribution in [-0.2, 0) is 19.6 Å². The van der Waals surface area contributed by atoms with Crippen LogP contribution in [0.3, 0.4) is 0 Å². The van der Waals surface area contributed by atoms with Crippen molar-refractivity contribution < 1.29 is 18.0 Å². The number of rotatable bonds is 5. The van der Waals surface area contributed by atoms with Crippen LogP contribution in [0.2, 0.25) is 0 Å². The van der Waals surface area contributed by atoms with Crippen LogP contribution in [0.15, 0.2) is 36.5 Å². The molecule has 2 heterocycles. The van der Waals surface area contributed by atoms with Gasteiger partial charge in [-0.2, -0.15) is 18.3 Å². The molecule has 0 aliphatic heterocycles. The van der Waals surface area contributed by atoms with Gasteiger partial charge in [-0.1, -0.05) is 30.3 Å². The second-order valence-electron chi connectivity index (χ2n) is 6.03. The summed E-state index contributed by atoms with van der Waals surface area (Å²) in [6.45, 7) is 1.52. The first-order chi connectivity index (χ1) is 12.8. The fourth-order valence-electron chi connectivity index (χ4n) is 2.59. The summed E-state index contributed by atoms with van der Waals surface area (Å²) in [6.07, 6.45) is -2.72. The number of alkyl halides is 3. The number of aromatic nitrogens is 5. The van der Waals surface area contributed by atoms with E-state index in [-0.39, 0.29) is 5.82 Å². The largest absolute Gasteiger partial charge is 0.453 e. The van der Waals surface area contributed by atoms with Crippen LogP contribution in [0.1, 0.15) is 46.2 Å². The maximum atomic E-state index is 12.6. The van der Waals surface area contributed by atoms with E-state index >= 15 is 0 Å². The van der Waals surface area contributed by atoms with Crippen LogP contribution in [0.5, 0.6) is 0 Å². The smallest absolute Gasteiger partial charge is 0.342 e. The summed E-state index contributed by atoms with van der Waals surface area (Å²) in [5.41, 5.74) is 2.05. The number of aryl methyl sites for hydroxylation is 1. The minimum Gasteiger partial charge on any atom is -0.342 e. The number of hydrogen-bond donors (Lipinski definition) is 2. The van der Waals surface area contributed by atoms with Gasteiger partial charge in [0, 0.05) is 13.5 Å². The van der Waals surface area contributed by atoms with Crippen LogP contribution in [-0.4, -0.2) is 30.9 Å². The minimum atomic E-state index is -4.65. The Morgan fingerprint density at radius 3 is 2.63 bits per heavy atom. The lowest BCUT2D eigenvalue weighted by molar-refractivity contribution is -0.144. The zero-order chi connectivity index (χ0) is 19.6. The molecule has 7 nitrogen and oxygen atoms in total. The van der Waals surface area contributed by atoms with E-state index in [1.165, 1.54) is 13.1 Å². The Morgan fingerprint density at radius 1 is 1.30 bits per heavy atom. The van der Waals surface area contributed by atoms with Crippen LogP contribution >= 0.6 is 0 Å². The zero-order valence-electron chi connectivity index (χ0n) is 14.6. The molecule has 142 valence electrons. The van der Waals surface area contributed by atoms with Crippen molar-refractivity contribution in [2.75, 3.05) is 0 Å². The Bertz CT molecular complexity index is 932. The van der Waals surface area contributed by atoms with Crippen LogP contribution in [0.4, 0.5) is 13.2 Å². The van der Waals surface area contributed by atoms with Gasteiger partial charge in [0.05, 0.1) is 23.5 Å². The van der Waals surface area contributed by atoms with Crippen molar-refractivity contribution in [3.63, 3.8) is 0 Å². The van der Waals surface area contributed by atoms with Gasteiger partial charge in [-0.3, -0.25) is 14.6 Å². The Balaban J connectivity index is 1.76. The van der Waals surface area contributed by atoms with Crippen molar-refractivity contribution in [2.45, 2.75) is 25.6 Å². The number of hydrogen-bond acceptors (Lipinski definition) is 4. The topological polar surface area (TPSA) is 88.5 Å². The lowest BCUT2D eigenvalue weighted by Crippen LogP contribution is -2.28. The van der Waals surface area contributed by atoms with Crippen LogP contribution in [0, 0.1) is 0 Å². The van der Waals surface area contributed by atoms with Gasteiger partial charge in [-0.15, -0.1) is 5.10 Å². The fraction of sp³-hybridized carbons (Fsp3) is 0.294. The molecular formula is C17H17F3N6O. The predicted octanol–water partition coefficient (Wildman–Crippen LogP) is 2.64. The number of H-pyrrole nitrogens is 1. The average Bonchev–Trinajstić information content (AvgIpc) is 3.24. The van der Waals surface area contributed by atoms with Crippen LogP contribution < -0.4 is 5.32 Å². The van der Waals surface area contributed by atoms with Crippen molar-refractivity contribution in [1.82, 2.24) is 30.3 Å². The van der Waals surface area contributed by atoms with Crippen molar-refractivity contribution in [3.05, 3.63) is 65.0 Å². The van der Waals surface area contributed by atoms with Gasteiger partial charge in [0.15, 0.2) is 0 Å². The molecule has 1 amide bonds. The summed E-state index contributed by atoms with van der Waals surface area (Å²) < 4.78 is 39.4. The molecule has 3 aromatic rings. The van der Waals surface area contributed by atoms with Gasteiger partial charge >= 0.3 is 6.18 Å². The highest BCUT2D eigenvalue weighted by Gasteiger charge is 2.36. The third-order valence-electron chi connectivity index (χ3n) is 4.03. The molecule has 2 N–H and O–H groups in total. The summed E-state index contributed by atoms with van der Waals surface area (Å²) in [4.78, 5) is 16.0. The van der Waals surface area contributed by atoms with Crippen molar-refractivity contribution >= 4 is 5.91 Å². The van der Waals surface area contributed by atoms with E-state index in [4.69, 9.17) is 0 Å². The molecule has 0 aliphatic carbocycles. The molecule has 10 heteroatoms. The Morgan fingerprint density at radius 2 is 2.00 bits per heavy atom. The first-order valence-electron chi connectivity index (χ1n) is 8.11. The van der Waals surface area contributed by atoms with E-state index in [2.05, 4.69) is 25.6 Å². The number of carbonyl (C=O) groups is 1. The lowest BCUT2D eigenvalue weighted by atomic mass is 10.1. The second-order valence-corrected chi connectivity index (χ2v) is 6.03. The molecule has 0 aliphatic rings. The first-order valence-corrected chi connectivity index (χ1v) is 8.11. The molecule has 0 bridgehead atoms. The highest BCUT2D eigenvalue weighted by Crippen LogP contribution is 2.26. The van der Waals surface area contributed by atoms with E-state index in [0.29, 0.717) is 17.7 Å². The molecule has 3 rings (SSSR count). The summed E-state index contributed by atoms with van der Waals surface area (Å²) in [7, 11) is 1.73. The Kier molecular flexibility index (Phi) is 4.98. The summed E-state index contributed by atoms with van der Waals surface area (Å²) in [6, 6.07) is 8.78. The average molecular weight is 378 g/mol. The number of aromatic amines is 1. The first kappa shape index (κ1) is 18.6.